The van der Waals surface area contributed by atoms with Gasteiger partial charge >= 0.3 is 0 Å². The predicted octanol–water partition coefficient (Wildman–Crippen LogP) is 0.827. The smallest absolute Gasteiger partial charge is 0.251 e. The van der Waals surface area contributed by atoms with Crippen molar-refractivity contribution in [3.63, 3.8) is 0 Å². The molecule has 1 aliphatic rings. The van der Waals surface area contributed by atoms with Crippen molar-refractivity contribution in [3.8, 4) is 0 Å². The third kappa shape index (κ3) is 3.46. The fourth-order valence-electron chi connectivity index (χ4n) is 2.60. The van der Waals surface area contributed by atoms with E-state index in [0.717, 1.165) is 18.7 Å². The molecule has 1 aromatic heterocycles. The Morgan fingerprint density at radius 3 is 2.58 bits per heavy atom. The van der Waals surface area contributed by atoms with E-state index < -0.39 is 10.0 Å². The first-order valence-electron chi connectivity index (χ1n) is 7.71. The van der Waals surface area contributed by atoms with E-state index in [0.29, 0.717) is 18.0 Å². The number of carbonyl (C=O) groups excluding carboxylic acids is 1. The standard InChI is InChI=1S/C15H19N5O3S/c1-2-20-14(17-9-18-20)13(10-3-4-10)19-15(21)11-5-7-12(8-6-11)24(16,22)23/h5-10,13H,2-4H2,1H3,(H,19,21)(H2,16,22,23)/t13-/m0/s1. The van der Waals surface area contributed by atoms with E-state index in [1.807, 2.05) is 6.92 Å². The number of sulfonamides is 1. The number of nitrogens with one attached hydrogen (secondary N) is 1. The van der Waals surface area contributed by atoms with E-state index >= 15 is 0 Å². The highest BCUT2D eigenvalue weighted by atomic mass is 32.2. The Balaban J connectivity index is 1.79. The maximum absolute atomic E-state index is 12.5. The molecule has 0 spiro atoms. The van der Waals surface area contributed by atoms with Gasteiger partial charge in [-0.1, -0.05) is 0 Å². The molecule has 1 saturated carbocycles. The molecule has 1 aromatic carbocycles. The summed E-state index contributed by atoms with van der Waals surface area (Å²) >= 11 is 0. The molecule has 1 aliphatic carbocycles. The average Bonchev–Trinajstić information content (AvgIpc) is 3.28. The minimum Gasteiger partial charge on any atom is -0.342 e. The molecule has 8 nitrogen and oxygen atoms in total. The summed E-state index contributed by atoms with van der Waals surface area (Å²) in [4.78, 5) is 16.8. The van der Waals surface area contributed by atoms with Gasteiger partial charge in [-0.2, -0.15) is 5.10 Å². The van der Waals surface area contributed by atoms with Crippen LogP contribution in [-0.2, 0) is 16.6 Å². The quantitative estimate of drug-likeness (QED) is 0.800. The van der Waals surface area contributed by atoms with Gasteiger partial charge in [-0.05, 0) is 49.9 Å². The van der Waals surface area contributed by atoms with Crippen LogP contribution in [0.1, 0.15) is 42.0 Å². The zero-order chi connectivity index (χ0) is 17.3. The van der Waals surface area contributed by atoms with E-state index in [4.69, 9.17) is 5.14 Å². The van der Waals surface area contributed by atoms with Crippen LogP contribution in [-0.4, -0.2) is 29.1 Å². The first-order chi connectivity index (χ1) is 11.4. The Morgan fingerprint density at radius 2 is 2.04 bits per heavy atom. The number of benzene rings is 1. The number of nitrogens with two attached hydrogens (primary N) is 1. The van der Waals surface area contributed by atoms with Gasteiger partial charge in [0.1, 0.15) is 12.2 Å². The van der Waals surface area contributed by atoms with E-state index in [-0.39, 0.29) is 16.8 Å². The number of nitrogens with zero attached hydrogens (tertiary/aromatic N) is 3. The highest BCUT2D eigenvalue weighted by Gasteiger charge is 2.36. The summed E-state index contributed by atoms with van der Waals surface area (Å²) in [5, 5.41) is 12.2. The zero-order valence-corrected chi connectivity index (χ0v) is 14.0. The molecule has 0 aliphatic heterocycles. The highest BCUT2D eigenvalue weighted by Crippen LogP contribution is 2.40. The first-order valence-corrected chi connectivity index (χ1v) is 9.26. The second kappa shape index (κ2) is 6.33. The number of amides is 1. The molecule has 3 N–H and O–H groups in total. The molecular formula is C15H19N5O3S. The van der Waals surface area contributed by atoms with Gasteiger partial charge in [-0.15, -0.1) is 0 Å². The predicted molar refractivity (Wildman–Crippen MR) is 86.4 cm³/mol. The summed E-state index contributed by atoms with van der Waals surface area (Å²) in [5.41, 5.74) is 0.371. The molecule has 2 aromatic rings. The molecule has 24 heavy (non-hydrogen) atoms. The molecule has 1 heterocycles. The number of carbonyl (C=O) groups is 1. The van der Waals surface area contributed by atoms with Crippen LogP contribution < -0.4 is 10.5 Å². The number of hydrogen-bond acceptors (Lipinski definition) is 5. The summed E-state index contributed by atoms with van der Waals surface area (Å²) in [6, 6.07) is 5.35. The lowest BCUT2D eigenvalue weighted by atomic mass is 10.1. The van der Waals surface area contributed by atoms with Gasteiger partial charge in [-0.25, -0.2) is 23.2 Å². The fraction of sp³-hybridized carbons (Fsp3) is 0.400. The van der Waals surface area contributed by atoms with Crippen molar-refractivity contribution < 1.29 is 13.2 Å². The van der Waals surface area contributed by atoms with Crippen LogP contribution >= 0.6 is 0 Å². The lowest BCUT2D eigenvalue weighted by molar-refractivity contribution is 0.0928. The van der Waals surface area contributed by atoms with Crippen LogP contribution in [0.15, 0.2) is 35.5 Å². The molecule has 1 amide bonds. The average molecular weight is 349 g/mol. The maximum atomic E-state index is 12.5. The normalized spacial score (nSPS) is 15.9. The second-order valence-electron chi connectivity index (χ2n) is 5.79. The zero-order valence-electron chi connectivity index (χ0n) is 13.2. The number of hydrogen-bond donors (Lipinski definition) is 2. The van der Waals surface area contributed by atoms with Crippen LogP contribution in [0.25, 0.3) is 0 Å². The molecule has 1 atom stereocenters. The highest BCUT2D eigenvalue weighted by molar-refractivity contribution is 7.89. The van der Waals surface area contributed by atoms with Gasteiger partial charge in [0.05, 0.1) is 10.9 Å². The van der Waals surface area contributed by atoms with Crippen molar-refractivity contribution in [3.05, 3.63) is 42.0 Å². The van der Waals surface area contributed by atoms with Gasteiger partial charge in [-0.3, -0.25) is 4.79 Å². The molecule has 9 heteroatoms. The third-order valence-electron chi connectivity index (χ3n) is 4.05. The number of aryl methyl sites for hydroxylation is 1. The van der Waals surface area contributed by atoms with E-state index in [9.17, 15) is 13.2 Å². The lowest BCUT2D eigenvalue weighted by Crippen LogP contribution is -2.32. The van der Waals surface area contributed by atoms with Gasteiger partial charge in [0.15, 0.2) is 0 Å². The summed E-state index contributed by atoms with van der Waals surface area (Å²) in [7, 11) is -3.77. The van der Waals surface area contributed by atoms with Crippen LogP contribution in [0.4, 0.5) is 0 Å². The van der Waals surface area contributed by atoms with Crippen molar-refractivity contribution in [2.45, 2.75) is 37.2 Å². The topological polar surface area (TPSA) is 120 Å². The molecule has 128 valence electrons. The van der Waals surface area contributed by atoms with Crippen molar-refractivity contribution in [1.29, 1.82) is 0 Å². The van der Waals surface area contributed by atoms with Crippen LogP contribution in [0, 0.1) is 5.92 Å². The second-order valence-corrected chi connectivity index (χ2v) is 7.35. The van der Waals surface area contributed by atoms with Crippen molar-refractivity contribution in [2.24, 2.45) is 11.1 Å². The molecule has 0 bridgehead atoms. The molecule has 0 saturated heterocycles. The Kier molecular flexibility index (Phi) is 4.37. The summed E-state index contributed by atoms with van der Waals surface area (Å²) in [6.45, 7) is 2.65. The minimum absolute atomic E-state index is 0.0245. The van der Waals surface area contributed by atoms with E-state index in [2.05, 4.69) is 15.4 Å². The van der Waals surface area contributed by atoms with Gasteiger partial charge in [0.2, 0.25) is 10.0 Å². The Morgan fingerprint density at radius 1 is 1.38 bits per heavy atom. The Bertz CT molecular complexity index is 840. The molecule has 0 unspecified atom stereocenters. The monoisotopic (exact) mass is 349 g/mol. The van der Waals surface area contributed by atoms with Crippen LogP contribution in [0.2, 0.25) is 0 Å². The Labute approximate surface area is 140 Å². The van der Waals surface area contributed by atoms with Crippen molar-refractivity contribution in [2.75, 3.05) is 0 Å². The molecular weight excluding hydrogens is 330 g/mol. The summed E-state index contributed by atoms with van der Waals surface area (Å²) < 4.78 is 24.3. The first kappa shape index (κ1) is 16.6. The minimum atomic E-state index is -3.77. The van der Waals surface area contributed by atoms with Gasteiger partial charge in [0, 0.05) is 12.1 Å². The third-order valence-corrected chi connectivity index (χ3v) is 4.98. The number of rotatable bonds is 6. The van der Waals surface area contributed by atoms with E-state index in [1.54, 1.807) is 4.68 Å². The summed E-state index contributed by atoms with van der Waals surface area (Å²) in [6.07, 6.45) is 3.55. The number of primary sulfonamides is 1. The number of aromatic nitrogens is 3. The van der Waals surface area contributed by atoms with Gasteiger partial charge in [0.25, 0.3) is 5.91 Å². The summed E-state index contributed by atoms with van der Waals surface area (Å²) in [5.74, 6) is 0.820. The van der Waals surface area contributed by atoms with Crippen molar-refractivity contribution in [1.82, 2.24) is 20.1 Å². The van der Waals surface area contributed by atoms with Crippen LogP contribution in [0.5, 0.6) is 0 Å². The largest absolute Gasteiger partial charge is 0.342 e. The van der Waals surface area contributed by atoms with Gasteiger partial charge < -0.3 is 5.32 Å². The molecule has 0 radical (unpaired) electrons. The Hall–Kier alpha value is -2.26. The molecule has 1 fully saturated rings. The van der Waals surface area contributed by atoms with E-state index in [1.165, 1.54) is 30.6 Å². The maximum Gasteiger partial charge on any atom is 0.251 e. The van der Waals surface area contributed by atoms with Crippen molar-refractivity contribution >= 4 is 15.9 Å². The lowest BCUT2D eigenvalue weighted by Gasteiger charge is -2.18. The van der Waals surface area contributed by atoms with Crippen LogP contribution in [0.3, 0.4) is 0 Å². The molecule has 3 rings (SSSR count). The fourth-order valence-corrected chi connectivity index (χ4v) is 3.12. The SMILES string of the molecule is CCn1ncnc1[C@@H](NC(=O)c1ccc(S(N)(=O)=O)cc1)C1CC1.